The van der Waals surface area contributed by atoms with Gasteiger partial charge in [-0.1, -0.05) is 36.4 Å². The number of benzene rings is 2. The summed E-state index contributed by atoms with van der Waals surface area (Å²) in [6, 6.07) is 16.1. The minimum atomic E-state index is 0.0693. The Labute approximate surface area is 105 Å². The summed E-state index contributed by atoms with van der Waals surface area (Å²) in [6.45, 7) is 0.837. The molecule has 3 rings (SSSR count). The van der Waals surface area contributed by atoms with Crippen molar-refractivity contribution >= 4 is 10.9 Å². The number of hydrogen-bond acceptors (Lipinski definition) is 2. The molecule has 0 fully saturated rings. The Morgan fingerprint density at radius 1 is 1.00 bits per heavy atom. The highest BCUT2D eigenvalue weighted by Crippen LogP contribution is 2.15. The Kier molecular flexibility index (Phi) is 2.82. The molecule has 18 heavy (non-hydrogen) atoms. The second-order valence-corrected chi connectivity index (χ2v) is 4.36. The summed E-state index contributed by atoms with van der Waals surface area (Å²) in [6.07, 6.45) is 2.02. The second kappa shape index (κ2) is 4.63. The summed E-state index contributed by atoms with van der Waals surface area (Å²) >= 11 is 0. The highest BCUT2D eigenvalue weighted by molar-refractivity contribution is 5.78. The van der Waals surface area contributed by atoms with Gasteiger partial charge >= 0.3 is 0 Å². The Balaban J connectivity index is 1.94. The maximum Gasteiger partial charge on any atom is 0.0923 e. The molecule has 2 aromatic carbocycles. The number of aliphatic hydroxyl groups excluding tert-OH is 1. The molecule has 0 saturated heterocycles. The van der Waals surface area contributed by atoms with Gasteiger partial charge in [-0.25, -0.2) is 0 Å². The van der Waals surface area contributed by atoms with Gasteiger partial charge in [0.25, 0.3) is 0 Å². The van der Waals surface area contributed by atoms with Gasteiger partial charge in [-0.2, -0.15) is 5.10 Å². The van der Waals surface area contributed by atoms with E-state index in [0.717, 1.165) is 23.0 Å². The maximum absolute atomic E-state index is 9.11. The lowest BCUT2D eigenvalue weighted by Gasteiger charge is -2.00. The summed E-state index contributed by atoms with van der Waals surface area (Å²) in [5.74, 6) is 0. The van der Waals surface area contributed by atoms with E-state index in [1.807, 2.05) is 47.3 Å². The van der Waals surface area contributed by atoms with Crippen molar-refractivity contribution in [3.05, 3.63) is 65.9 Å². The maximum atomic E-state index is 9.11. The van der Waals surface area contributed by atoms with Crippen LogP contribution in [0.5, 0.6) is 0 Å². The fraction of sp³-hybridized carbons (Fsp3) is 0.133. The smallest absolute Gasteiger partial charge is 0.0923 e. The predicted octanol–water partition coefficient (Wildman–Crippen LogP) is 2.58. The molecule has 90 valence electrons. The van der Waals surface area contributed by atoms with Crippen molar-refractivity contribution in [1.82, 2.24) is 9.78 Å². The third-order valence-corrected chi connectivity index (χ3v) is 2.99. The van der Waals surface area contributed by atoms with Crippen molar-refractivity contribution in [1.29, 1.82) is 0 Å². The van der Waals surface area contributed by atoms with Gasteiger partial charge in [0.05, 0.1) is 18.7 Å². The fourth-order valence-corrected chi connectivity index (χ4v) is 2.08. The quantitative estimate of drug-likeness (QED) is 0.761. The second-order valence-electron chi connectivity index (χ2n) is 4.36. The zero-order valence-electron chi connectivity index (χ0n) is 9.95. The SMILES string of the molecule is OCc1ccc2nn(Cc3ccccc3)cc2c1. The van der Waals surface area contributed by atoms with Crippen LogP contribution in [-0.4, -0.2) is 14.9 Å². The van der Waals surface area contributed by atoms with Crippen LogP contribution in [0.1, 0.15) is 11.1 Å². The van der Waals surface area contributed by atoms with Crippen molar-refractivity contribution < 1.29 is 5.11 Å². The van der Waals surface area contributed by atoms with Crippen LogP contribution in [0.25, 0.3) is 10.9 Å². The van der Waals surface area contributed by atoms with Crippen LogP contribution < -0.4 is 0 Å². The molecule has 0 aliphatic rings. The molecule has 1 N–H and O–H groups in total. The first-order chi connectivity index (χ1) is 8.85. The Morgan fingerprint density at radius 3 is 2.61 bits per heavy atom. The lowest BCUT2D eigenvalue weighted by Crippen LogP contribution is -1.99. The first-order valence-electron chi connectivity index (χ1n) is 5.96. The van der Waals surface area contributed by atoms with Crippen molar-refractivity contribution in [3.8, 4) is 0 Å². The van der Waals surface area contributed by atoms with Gasteiger partial charge in [0.15, 0.2) is 0 Å². The molecule has 0 atom stereocenters. The third kappa shape index (κ3) is 2.13. The van der Waals surface area contributed by atoms with Gasteiger partial charge in [-0.3, -0.25) is 4.68 Å². The standard InChI is InChI=1S/C15H14N2O/c18-11-13-6-7-15-14(8-13)10-17(16-15)9-12-4-2-1-3-5-12/h1-8,10,18H,9,11H2. The van der Waals surface area contributed by atoms with E-state index in [-0.39, 0.29) is 6.61 Å². The fourth-order valence-electron chi connectivity index (χ4n) is 2.08. The molecule has 0 aliphatic heterocycles. The summed E-state index contributed by atoms with van der Waals surface area (Å²) in [5, 5.41) is 14.7. The average Bonchev–Trinajstić information content (AvgIpc) is 2.80. The number of hydrogen-bond donors (Lipinski definition) is 1. The van der Waals surface area contributed by atoms with Crippen LogP contribution in [0.4, 0.5) is 0 Å². The number of aromatic nitrogens is 2. The van der Waals surface area contributed by atoms with Crippen molar-refractivity contribution in [2.45, 2.75) is 13.2 Å². The van der Waals surface area contributed by atoms with E-state index in [0.29, 0.717) is 0 Å². The van der Waals surface area contributed by atoms with Crippen LogP contribution in [0.3, 0.4) is 0 Å². The normalized spacial score (nSPS) is 10.9. The molecule has 0 spiro atoms. The Hall–Kier alpha value is -2.13. The summed E-state index contributed by atoms with van der Waals surface area (Å²) < 4.78 is 1.93. The van der Waals surface area contributed by atoms with E-state index in [4.69, 9.17) is 5.11 Å². The van der Waals surface area contributed by atoms with Gasteiger partial charge in [0.1, 0.15) is 0 Å². The minimum absolute atomic E-state index is 0.0693. The molecule has 0 aliphatic carbocycles. The predicted molar refractivity (Wildman–Crippen MR) is 71.2 cm³/mol. The lowest BCUT2D eigenvalue weighted by atomic mass is 10.2. The summed E-state index contributed by atoms with van der Waals surface area (Å²) in [7, 11) is 0. The van der Waals surface area contributed by atoms with Crippen molar-refractivity contribution in [2.24, 2.45) is 0 Å². The van der Waals surface area contributed by atoms with Crippen LogP contribution in [0.2, 0.25) is 0 Å². The van der Waals surface area contributed by atoms with Gasteiger partial charge in [-0.05, 0) is 23.3 Å². The molecule has 3 aromatic rings. The van der Waals surface area contributed by atoms with Crippen LogP contribution in [0, 0.1) is 0 Å². The van der Waals surface area contributed by atoms with Gasteiger partial charge < -0.3 is 5.11 Å². The van der Waals surface area contributed by atoms with E-state index in [1.54, 1.807) is 0 Å². The number of aliphatic hydroxyl groups is 1. The molecule has 1 heterocycles. The number of nitrogens with zero attached hydrogens (tertiary/aromatic N) is 2. The molecule has 3 nitrogen and oxygen atoms in total. The molecular weight excluding hydrogens is 224 g/mol. The zero-order valence-corrected chi connectivity index (χ0v) is 9.95. The molecule has 1 aromatic heterocycles. The largest absolute Gasteiger partial charge is 0.392 e. The van der Waals surface area contributed by atoms with E-state index in [9.17, 15) is 0 Å². The van der Waals surface area contributed by atoms with Crippen LogP contribution in [-0.2, 0) is 13.2 Å². The van der Waals surface area contributed by atoms with Crippen LogP contribution >= 0.6 is 0 Å². The Morgan fingerprint density at radius 2 is 1.83 bits per heavy atom. The van der Waals surface area contributed by atoms with E-state index in [2.05, 4.69) is 17.2 Å². The van der Waals surface area contributed by atoms with Crippen molar-refractivity contribution in [2.75, 3.05) is 0 Å². The van der Waals surface area contributed by atoms with E-state index in [1.165, 1.54) is 5.56 Å². The molecule has 0 unspecified atom stereocenters. The molecule has 3 heteroatoms. The number of rotatable bonds is 3. The van der Waals surface area contributed by atoms with E-state index < -0.39 is 0 Å². The topological polar surface area (TPSA) is 38.1 Å². The van der Waals surface area contributed by atoms with Gasteiger partial charge in [-0.15, -0.1) is 0 Å². The van der Waals surface area contributed by atoms with Crippen molar-refractivity contribution in [3.63, 3.8) is 0 Å². The van der Waals surface area contributed by atoms with E-state index >= 15 is 0 Å². The average molecular weight is 238 g/mol. The zero-order chi connectivity index (χ0) is 12.4. The molecule has 0 amide bonds. The lowest BCUT2D eigenvalue weighted by molar-refractivity contribution is 0.282. The highest BCUT2D eigenvalue weighted by Gasteiger charge is 2.02. The highest BCUT2D eigenvalue weighted by atomic mass is 16.3. The monoisotopic (exact) mass is 238 g/mol. The molecule has 0 bridgehead atoms. The molecule has 0 saturated carbocycles. The summed E-state index contributed by atoms with van der Waals surface area (Å²) in [4.78, 5) is 0. The molecule has 0 radical (unpaired) electrons. The molecular formula is C15H14N2O. The number of fused-ring (bicyclic) bond motifs is 1. The third-order valence-electron chi connectivity index (χ3n) is 2.99. The summed E-state index contributed by atoms with van der Waals surface area (Å²) in [5.41, 5.74) is 3.11. The first-order valence-corrected chi connectivity index (χ1v) is 5.96. The van der Waals surface area contributed by atoms with Gasteiger partial charge in [0, 0.05) is 11.6 Å². The van der Waals surface area contributed by atoms with Gasteiger partial charge in [0.2, 0.25) is 0 Å². The Bertz CT molecular complexity index is 659. The minimum Gasteiger partial charge on any atom is -0.392 e. The first kappa shape index (κ1) is 11.0. The van der Waals surface area contributed by atoms with Crippen LogP contribution in [0.15, 0.2) is 54.7 Å².